The van der Waals surface area contributed by atoms with Gasteiger partial charge in [-0.25, -0.2) is 0 Å². The zero-order valence-electron chi connectivity index (χ0n) is 48.4. The monoisotopic (exact) mass is 1010 g/mol. The molecule has 0 aliphatic carbocycles. The van der Waals surface area contributed by atoms with Gasteiger partial charge in [0.05, 0.1) is 25.4 Å². The minimum atomic E-state index is -0.856. The van der Waals surface area contributed by atoms with E-state index in [0.717, 1.165) is 64.2 Å². The smallest absolute Gasteiger partial charge is 0.305 e. The zero-order valence-corrected chi connectivity index (χ0v) is 48.4. The Morgan fingerprint density at radius 2 is 0.694 bits per heavy atom. The normalized spacial score (nSPS) is 12.8. The van der Waals surface area contributed by atoms with Crippen molar-refractivity contribution < 1.29 is 24.5 Å². The van der Waals surface area contributed by atoms with E-state index in [-0.39, 0.29) is 18.5 Å². The van der Waals surface area contributed by atoms with Crippen molar-refractivity contribution in [3.63, 3.8) is 0 Å². The molecular formula is C66H125NO5. The Labute approximate surface area is 449 Å². The number of aliphatic hydroxyl groups is 2. The second-order valence-electron chi connectivity index (χ2n) is 22.1. The number of aliphatic hydroxyl groups excluding tert-OH is 2. The van der Waals surface area contributed by atoms with E-state index in [4.69, 9.17) is 4.74 Å². The Kier molecular flexibility index (Phi) is 60.0. The lowest BCUT2D eigenvalue weighted by atomic mass is 10.0. The molecule has 0 saturated heterocycles. The van der Waals surface area contributed by atoms with Crippen LogP contribution in [-0.2, 0) is 14.3 Å². The van der Waals surface area contributed by atoms with E-state index in [1.54, 1.807) is 6.08 Å². The first-order valence-corrected chi connectivity index (χ1v) is 32.3. The quantitative estimate of drug-likeness (QED) is 0.0320. The minimum Gasteiger partial charge on any atom is -0.466 e. The van der Waals surface area contributed by atoms with Crippen molar-refractivity contribution in [2.45, 2.75) is 360 Å². The number of esters is 1. The third kappa shape index (κ3) is 57.4. The summed E-state index contributed by atoms with van der Waals surface area (Å²) >= 11 is 0. The SMILES string of the molecule is CCCCC/C=C\C/C=C\CCCCCCCCCC(=O)OCCCCCCCCCCCCCCCC(=O)NC(CO)C(O)/C=C/CCCCCCCCCCCCCCCCCCCCCCCCC. The maximum atomic E-state index is 12.5. The summed E-state index contributed by atoms with van der Waals surface area (Å²) in [6.45, 7) is 4.87. The first kappa shape index (κ1) is 70.1. The zero-order chi connectivity index (χ0) is 52.2. The summed E-state index contributed by atoms with van der Waals surface area (Å²) in [6, 6.07) is -0.640. The van der Waals surface area contributed by atoms with Crippen LogP contribution in [0.2, 0.25) is 0 Å². The van der Waals surface area contributed by atoms with Crippen LogP contribution in [0.1, 0.15) is 348 Å². The van der Waals surface area contributed by atoms with Crippen LogP contribution < -0.4 is 5.32 Å². The predicted octanol–water partition coefficient (Wildman–Crippen LogP) is 20.4. The molecule has 2 unspecified atom stereocenters. The summed E-state index contributed by atoms with van der Waals surface area (Å²) in [6.07, 6.45) is 77.5. The molecule has 2 atom stereocenters. The highest BCUT2D eigenvalue weighted by Crippen LogP contribution is 2.18. The van der Waals surface area contributed by atoms with Crippen molar-refractivity contribution in [3.8, 4) is 0 Å². The van der Waals surface area contributed by atoms with E-state index in [2.05, 4.69) is 43.5 Å². The number of amides is 1. The molecule has 6 nitrogen and oxygen atoms in total. The average Bonchev–Trinajstić information content (AvgIpc) is 3.38. The Hall–Kier alpha value is -1.92. The Morgan fingerprint density at radius 1 is 0.389 bits per heavy atom. The van der Waals surface area contributed by atoms with Gasteiger partial charge in [0.1, 0.15) is 0 Å². The van der Waals surface area contributed by atoms with Crippen LogP contribution in [0.5, 0.6) is 0 Å². The van der Waals surface area contributed by atoms with Crippen LogP contribution in [0.15, 0.2) is 36.5 Å². The Bertz CT molecular complexity index is 1170. The van der Waals surface area contributed by atoms with E-state index in [1.807, 2.05) is 6.08 Å². The highest BCUT2D eigenvalue weighted by Gasteiger charge is 2.18. The van der Waals surface area contributed by atoms with Crippen molar-refractivity contribution in [1.29, 1.82) is 0 Å². The molecule has 0 saturated carbocycles. The van der Waals surface area contributed by atoms with Gasteiger partial charge >= 0.3 is 5.97 Å². The van der Waals surface area contributed by atoms with Gasteiger partial charge in [-0.05, 0) is 64.2 Å². The van der Waals surface area contributed by atoms with E-state index in [9.17, 15) is 19.8 Å². The highest BCUT2D eigenvalue weighted by molar-refractivity contribution is 5.76. The molecule has 0 aliphatic rings. The van der Waals surface area contributed by atoms with Crippen molar-refractivity contribution in [3.05, 3.63) is 36.5 Å². The number of hydrogen-bond acceptors (Lipinski definition) is 5. The molecule has 72 heavy (non-hydrogen) atoms. The van der Waals surface area contributed by atoms with Crippen molar-refractivity contribution in [1.82, 2.24) is 5.32 Å². The number of allylic oxidation sites excluding steroid dienone is 5. The molecule has 0 bridgehead atoms. The fourth-order valence-electron chi connectivity index (χ4n) is 9.96. The molecule has 0 aromatic rings. The van der Waals surface area contributed by atoms with Gasteiger partial charge in [-0.2, -0.15) is 0 Å². The standard InChI is InChI=1S/C66H125NO5/c1-3-5-7-9-11-13-15-17-19-21-22-23-24-25-26-27-28-30-31-34-38-42-46-50-54-58-64(69)63(62-68)67-65(70)59-55-51-47-43-39-35-33-37-41-45-49-53-57-61-72-66(71)60-56-52-48-44-40-36-32-29-20-18-16-14-12-10-8-6-4-2/h12,14,18,20,54,58,63-64,68-69H,3-11,13,15-17,19,21-53,55-57,59-62H2,1-2H3,(H,67,70)/b14-12-,20-18-,58-54+. The number of rotatable bonds is 60. The number of hydrogen-bond donors (Lipinski definition) is 3. The average molecular weight is 1010 g/mol. The third-order valence-corrected chi connectivity index (χ3v) is 14.9. The lowest BCUT2D eigenvalue weighted by Crippen LogP contribution is -2.45. The van der Waals surface area contributed by atoms with Crippen LogP contribution >= 0.6 is 0 Å². The summed E-state index contributed by atoms with van der Waals surface area (Å²) in [5.41, 5.74) is 0. The summed E-state index contributed by atoms with van der Waals surface area (Å²) in [7, 11) is 0. The van der Waals surface area contributed by atoms with Gasteiger partial charge < -0.3 is 20.3 Å². The summed E-state index contributed by atoms with van der Waals surface area (Å²) in [4.78, 5) is 24.6. The van der Waals surface area contributed by atoms with Gasteiger partial charge in [0, 0.05) is 12.8 Å². The lowest BCUT2D eigenvalue weighted by Gasteiger charge is -2.20. The number of carbonyl (C=O) groups excluding carboxylic acids is 2. The summed E-state index contributed by atoms with van der Waals surface area (Å²) < 4.78 is 5.48. The second kappa shape index (κ2) is 61.6. The first-order chi connectivity index (χ1) is 35.5. The summed E-state index contributed by atoms with van der Waals surface area (Å²) in [5.74, 6) is -0.0918. The third-order valence-electron chi connectivity index (χ3n) is 14.9. The molecule has 424 valence electrons. The Morgan fingerprint density at radius 3 is 1.08 bits per heavy atom. The second-order valence-corrected chi connectivity index (χ2v) is 22.1. The molecule has 0 aromatic carbocycles. The largest absolute Gasteiger partial charge is 0.466 e. The van der Waals surface area contributed by atoms with Crippen LogP contribution in [0, 0.1) is 0 Å². The maximum absolute atomic E-state index is 12.5. The van der Waals surface area contributed by atoms with Crippen LogP contribution in [0.3, 0.4) is 0 Å². The molecule has 3 N–H and O–H groups in total. The van der Waals surface area contributed by atoms with Crippen molar-refractivity contribution >= 4 is 11.9 Å². The number of ether oxygens (including phenoxy) is 1. The van der Waals surface area contributed by atoms with Crippen LogP contribution in [-0.4, -0.2) is 47.4 Å². The first-order valence-electron chi connectivity index (χ1n) is 32.3. The molecule has 0 fully saturated rings. The van der Waals surface area contributed by atoms with Crippen molar-refractivity contribution in [2.75, 3.05) is 13.2 Å². The minimum absolute atomic E-state index is 0.0139. The fourth-order valence-corrected chi connectivity index (χ4v) is 9.96. The van der Waals surface area contributed by atoms with Gasteiger partial charge in [0.15, 0.2) is 0 Å². The molecule has 1 amide bonds. The van der Waals surface area contributed by atoms with Crippen LogP contribution in [0.4, 0.5) is 0 Å². The van der Waals surface area contributed by atoms with Gasteiger partial charge in [-0.15, -0.1) is 0 Å². The van der Waals surface area contributed by atoms with Crippen LogP contribution in [0.25, 0.3) is 0 Å². The van der Waals surface area contributed by atoms with Crippen molar-refractivity contribution in [2.24, 2.45) is 0 Å². The maximum Gasteiger partial charge on any atom is 0.305 e. The predicted molar refractivity (Wildman–Crippen MR) is 315 cm³/mol. The van der Waals surface area contributed by atoms with E-state index in [0.29, 0.717) is 19.4 Å². The highest BCUT2D eigenvalue weighted by atomic mass is 16.5. The van der Waals surface area contributed by atoms with E-state index >= 15 is 0 Å². The molecule has 0 aromatic heterocycles. The van der Waals surface area contributed by atoms with Gasteiger partial charge in [0.25, 0.3) is 0 Å². The van der Waals surface area contributed by atoms with E-state index in [1.165, 1.54) is 257 Å². The van der Waals surface area contributed by atoms with Gasteiger partial charge in [-0.1, -0.05) is 307 Å². The lowest BCUT2D eigenvalue weighted by molar-refractivity contribution is -0.143. The number of unbranched alkanes of at least 4 members (excludes halogenated alkanes) is 45. The summed E-state index contributed by atoms with van der Waals surface area (Å²) in [5, 5.41) is 23.2. The molecule has 6 heteroatoms. The molecular weight excluding hydrogens is 887 g/mol. The number of nitrogens with one attached hydrogen (secondary N) is 1. The Balaban J connectivity index is 3.47. The molecule has 0 rings (SSSR count). The molecule has 0 aliphatic heterocycles. The van der Waals surface area contributed by atoms with E-state index < -0.39 is 12.1 Å². The molecule has 0 heterocycles. The fraction of sp³-hybridized carbons (Fsp3) is 0.879. The van der Waals surface area contributed by atoms with Gasteiger partial charge in [-0.3, -0.25) is 9.59 Å². The van der Waals surface area contributed by atoms with Gasteiger partial charge in [0.2, 0.25) is 5.91 Å². The number of carbonyl (C=O) groups is 2. The topological polar surface area (TPSA) is 95.9 Å². The molecule has 0 spiro atoms. The molecule has 0 radical (unpaired) electrons.